The molecule has 2 saturated heterocycles. The van der Waals surface area contributed by atoms with Gasteiger partial charge in [0.15, 0.2) is 5.79 Å². The molecule has 2 N–H and O–H groups in total. The summed E-state index contributed by atoms with van der Waals surface area (Å²) in [6.45, 7) is 19.3. The number of ether oxygens (including phenoxy) is 7. The Labute approximate surface area is 373 Å². The van der Waals surface area contributed by atoms with Gasteiger partial charge in [-0.25, -0.2) is 4.79 Å². The van der Waals surface area contributed by atoms with E-state index in [4.69, 9.17) is 33.2 Å². The number of amides is 2. The maximum Gasteiger partial charge on any atom is 0.409 e. The molecule has 17 heteroatoms. The molecule has 0 aromatic heterocycles. The number of esters is 1. The van der Waals surface area contributed by atoms with Crippen LogP contribution in [0.15, 0.2) is 47.5 Å². The van der Waals surface area contributed by atoms with Crippen molar-refractivity contribution in [3.05, 3.63) is 69.8 Å². The van der Waals surface area contributed by atoms with Crippen LogP contribution in [0, 0.1) is 30.6 Å². The minimum absolute atomic E-state index is 0.00647. The van der Waals surface area contributed by atoms with Gasteiger partial charge in [-0.1, -0.05) is 45.9 Å². The molecule has 2 amide bonds. The van der Waals surface area contributed by atoms with Crippen molar-refractivity contribution in [2.75, 3.05) is 39.9 Å². The summed E-state index contributed by atoms with van der Waals surface area (Å²) in [7, 11) is 1.49. The zero-order valence-corrected chi connectivity index (χ0v) is 38.7. The molecule has 5 heterocycles. The molecule has 0 radical (unpaired) electrons. The van der Waals surface area contributed by atoms with Crippen LogP contribution < -0.4 is 10.1 Å². The van der Waals surface area contributed by atoms with Gasteiger partial charge in [0.2, 0.25) is 11.6 Å². The van der Waals surface area contributed by atoms with Crippen molar-refractivity contribution in [3.8, 4) is 11.5 Å². The number of hydrogen-bond acceptors (Lipinski definition) is 15. The Morgan fingerprint density at radius 3 is 2.17 bits per heavy atom. The Hall–Kier alpha value is -5.52. The number of piperazine rings is 1. The highest BCUT2D eigenvalue weighted by molar-refractivity contribution is 6.32. The molecule has 1 aromatic carbocycles. The molecular formula is C47H61N3O14. The highest BCUT2D eigenvalue weighted by Gasteiger charge is 2.54. The monoisotopic (exact) mass is 891 g/mol. The average Bonchev–Trinajstić information content (AvgIpc) is 3.50. The maximum atomic E-state index is 15.0. The summed E-state index contributed by atoms with van der Waals surface area (Å²) in [6.07, 6.45) is 5.12. The lowest BCUT2D eigenvalue weighted by atomic mass is 9.77. The average molecular weight is 892 g/mol. The lowest BCUT2D eigenvalue weighted by Gasteiger charge is -2.50. The molecule has 9 unspecified atom stereocenters. The minimum atomic E-state index is -2.09. The van der Waals surface area contributed by atoms with Crippen LogP contribution in [0.4, 0.5) is 4.79 Å². The number of benzene rings is 1. The van der Waals surface area contributed by atoms with Gasteiger partial charge in [-0.3, -0.25) is 24.0 Å². The molecule has 0 saturated carbocycles. The second kappa shape index (κ2) is 18.5. The third kappa shape index (κ3) is 8.94. The van der Waals surface area contributed by atoms with Crippen LogP contribution in [-0.4, -0.2) is 126 Å². The second-order valence-electron chi connectivity index (χ2n) is 17.8. The first kappa shape index (κ1) is 47.9. The quantitative estimate of drug-likeness (QED) is 0.357. The first-order chi connectivity index (χ1) is 30.1. The lowest BCUT2D eigenvalue weighted by molar-refractivity contribution is -0.336. The number of carbonyl (C=O) groups excluding carboxylic acids is 6. The van der Waals surface area contributed by atoms with Crippen molar-refractivity contribution >= 4 is 35.3 Å². The number of methoxy groups -OCH3 is 1. The molecule has 64 heavy (non-hydrogen) atoms. The number of allylic oxidation sites excluding steroid dienone is 4. The van der Waals surface area contributed by atoms with E-state index >= 15 is 0 Å². The zero-order chi connectivity index (χ0) is 47.2. The number of fused-ring (bicyclic) bond motifs is 10. The Balaban J connectivity index is 1.49. The van der Waals surface area contributed by atoms with Crippen LogP contribution in [0.5, 0.6) is 11.5 Å². The highest BCUT2D eigenvalue weighted by atomic mass is 16.7. The van der Waals surface area contributed by atoms with Crippen LogP contribution in [-0.2, 0) is 38.0 Å². The summed E-state index contributed by atoms with van der Waals surface area (Å²) in [5.74, 6) is -8.93. The van der Waals surface area contributed by atoms with Gasteiger partial charge in [-0.2, -0.15) is 0 Å². The van der Waals surface area contributed by atoms with Crippen LogP contribution in [0.1, 0.15) is 106 Å². The number of aromatic hydroxyl groups is 1. The van der Waals surface area contributed by atoms with E-state index < -0.39 is 93.7 Å². The number of nitrogens with one attached hydrogen (secondary N) is 1. The summed E-state index contributed by atoms with van der Waals surface area (Å²) in [5.41, 5.74) is -1.59. The van der Waals surface area contributed by atoms with Gasteiger partial charge < -0.3 is 53.4 Å². The van der Waals surface area contributed by atoms with E-state index in [1.54, 1.807) is 37.0 Å². The predicted molar refractivity (Wildman–Crippen MR) is 230 cm³/mol. The maximum absolute atomic E-state index is 15.0. The van der Waals surface area contributed by atoms with E-state index in [-0.39, 0.29) is 84.8 Å². The largest absolute Gasteiger partial charge is 0.507 e. The van der Waals surface area contributed by atoms with E-state index in [1.165, 1.54) is 39.0 Å². The summed E-state index contributed by atoms with van der Waals surface area (Å²) in [4.78, 5) is 86.6. The molecule has 9 atom stereocenters. The first-order valence-electron chi connectivity index (χ1n) is 21.8. The summed E-state index contributed by atoms with van der Waals surface area (Å²) < 4.78 is 42.3. The van der Waals surface area contributed by atoms with Gasteiger partial charge in [0.1, 0.15) is 29.0 Å². The Morgan fingerprint density at radius 1 is 0.891 bits per heavy atom. The van der Waals surface area contributed by atoms with Gasteiger partial charge in [-0.15, -0.1) is 0 Å². The third-order valence-corrected chi connectivity index (χ3v) is 12.8. The Bertz CT molecular complexity index is 2220. The first-order valence-corrected chi connectivity index (χ1v) is 21.8. The number of hydrogen-bond donors (Lipinski definition) is 2. The molecule has 7 rings (SSSR count). The molecule has 0 spiro atoms. The number of carbonyl (C=O) groups is 6. The van der Waals surface area contributed by atoms with E-state index in [0.717, 1.165) is 0 Å². The minimum Gasteiger partial charge on any atom is -0.507 e. The standard InChI is InChI=1S/C47H61N3O14/c1-13-59-45(57)50-20-18-49(19-21-50)35-34-37(53)32-31(38(35)54)33-42(26(5)36(32)52)64-47(11,43(33)55)60-22-17-30(58-12)25(4)40(61-29(8)51)28(7)41-27(6)39(62-46(9,10)63-41)23(2)15-14-16-24(3)44(56)48-34/h14-17,22-23,25,27-28,30,39-41,52H,13,18-21H2,1-12H3,(H,48,56). The Morgan fingerprint density at radius 2 is 1.55 bits per heavy atom. The van der Waals surface area contributed by atoms with Crippen LogP contribution in [0.3, 0.4) is 0 Å². The third-order valence-electron chi connectivity index (χ3n) is 12.8. The highest BCUT2D eigenvalue weighted by Crippen LogP contribution is 2.49. The van der Waals surface area contributed by atoms with E-state index in [1.807, 2.05) is 47.6 Å². The van der Waals surface area contributed by atoms with Crippen LogP contribution in [0.2, 0.25) is 0 Å². The van der Waals surface area contributed by atoms with Gasteiger partial charge >= 0.3 is 17.8 Å². The fourth-order valence-corrected chi connectivity index (χ4v) is 9.39. The second-order valence-corrected chi connectivity index (χ2v) is 17.8. The molecular weight excluding hydrogens is 831 g/mol. The lowest BCUT2D eigenvalue weighted by Crippen LogP contribution is -2.56. The number of Topliss-reactive ketones (excluding diaryl/α,β-unsaturated/α-hetero) is 3. The molecule has 5 aliphatic heterocycles. The fraction of sp³-hybridized carbons (Fsp3) is 0.574. The molecule has 17 nitrogen and oxygen atoms in total. The molecule has 2 fully saturated rings. The number of phenols is 1. The predicted octanol–water partition coefficient (Wildman–Crippen LogP) is 5.53. The van der Waals surface area contributed by atoms with E-state index in [9.17, 15) is 33.9 Å². The van der Waals surface area contributed by atoms with Crippen molar-refractivity contribution in [2.45, 2.75) is 112 Å². The van der Waals surface area contributed by atoms with Crippen molar-refractivity contribution in [2.24, 2.45) is 23.7 Å². The molecule has 6 aliphatic rings. The van der Waals surface area contributed by atoms with Gasteiger partial charge in [0.25, 0.3) is 11.7 Å². The summed E-state index contributed by atoms with van der Waals surface area (Å²) in [6, 6.07) is 0. The van der Waals surface area contributed by atoms with Crippen molar-refractivity contribution in [1.29, 1.82) is 0 Å². The van der Waals surface area contributed by atoms with Gasteiger partial charge in [0, 0.05) is 81.9 Å². The summed E-state index contributed by atoms with van der Waals surface area (Å²) in [5, 5.41) is 14.3. The molecule has 7 bridgehead atoms. The SMILES string of the molecule is CCOC(=O)N1CCN(C2=C3NC(=O)C(C)=CC=CC(C)C4OC(C)(C)OC(C4C)C(C)C(OC(C)=O)C(C)C(OC)C=COC4(C)Oc5c(C)c(O)c(c(c5C4=O)C2=O)C3=O)CC1. The van der Waals surface area contributed by atoms with E-state index in [2.05, 4.69) is 5.32 Å². The normalized spacial score (nSPS) is 31.0. The zero-order valence-electron chi connectivity index (χ0n) is 38.7. The molecule has 1 aromatic rings. The van der Waals surface area contributed by atoms with Crippen molar-refractivity contribution < 1.29 is 67.0 Å². The van der Waals surface area contributed by atoms with E-state index in [0.29, 0.717) is 0 Å². The van der Waals surface area contributed by atoms with Crippen molar-refractivity contribution in [1.82, 2.24) is 15.1 Å². The molecule has 1 aliphatic carbocycles. The van der Waals surface area contributed by atoms with Crippen molar-refractivity contribution in [3.63, 3.8) is 0 Å². The van der Waals surface area contributed by atoms with Gasteiger partial charge in [0.05, 0.1) is 47.9 Å². The Kier molecular flexibility index (Phi) is 13.9. The number of phenolic OH excluding ortho intramolecular Hbond substituents is 1. The number of ketones is 3. The number of nitrogens with zero attached hydrogens (tertiary/aromatic N) is 2. The molecule has 348 valence electrons. The van der Waals surface area contributed by atoms with Gasteiger partial charge in [-0.05, 0) is 40.7 Å². The summed E-state index contributed by atoms with van der Waals surface area (Å²) >= 11 is 0. The van der Waals surface area contributed by atoms with Crippen LogP contribution >= 0.6 is 0 Å². The van der Waals surface area contributed by atoms with Crippen LogP contribution in [0.25, 0.3) is 0 Å². The topological polar surface area (TPSA) is 206 Å². The smallest absolute Gasteiger partial charge is 0.409 e. The fourth-order valence-electron chi connectivity index (χ4n) is 9.39. The number of rotatable bonds is 4.